The van der Waals surface area contributed by atoms with Crippen molar-refractivity contribution in [2.24, 2.45) is 0 Å². The summed E-state index contributed by atoms with van der Waals surface area (Å²) >= 11 is 9.71. The molecule has 0 spiro atoms. The number of hydrogen-bond donors (Lipinski definition) is 0. The topological polar surface area (TPSA) is 0 Å². The lowest BCUT2D eigenvalue weighted by atomic mass is 9.49. The number of halogens is 4. The van der Waals surface area contributed by atoms with Crippen LogP contribution in [0.2, 0.25) is 0 Å². The fraction of sp³-hybridized carbons (Fsp3) is 0.105. The summed E-state index contributed by atoms with van der Waals surface area (Å²) in [5, 5.41) is 0. The zero-order valence-electron chi connectivity index (χ0n) is 22.6. The largest absolute Gasteiger partial charge is 0.0839 e. The van der Waals surface area contributed by atoms with Gasteiger partial charge in [-0.25, -0.2) is 0 Å². The normalized spacial score (nSPS) is 16.6. The van der Waals surface area contributed by atoms with Crippen LogP contribution < -0.4 is 0 Å². The summed E-state index contributed by atoms with van der Waals surface area (Å²) in [4.78, 5) is 0. The van der Waals surface area contributed by atoms with Gasteiger partial charge >= 0.3 is 0 Å². The number of benzene rings is 5. The number of hydrogen-bond acceptors (Lipinski definition) is 0. The summed E-state index contributed by atoms with van der Waals surface area (Å²) in [5.41, 5.74) is 10.1. The number of rotatable bonds is 4. The summed E-state index contributed by atoms with van der Waals surface area (Å²) in [6, 6.07) is 46.3. The molecule has 5 aromatic carbocycles. The summed E-state index contributed by atoms with van der Waals surface area (Å²) in [7, 11) is 0. The van der Waals surface area contributed by atoms with Gasteiger partial charge < -0.3 is 0 Å². The Labute approximate surface area is 302 Å². The third kappa shape index (κ3) is 4.60. The van der Waals surface area contributed by atoms with Crippen molar-refractivity contribution in [2.75, 3.05) is 0 Å². The molecule has 206 valence electrons. The van der Waals surface area contributed by atoms with E-state index in [4.69, 9.17) is 0 Å². The minimum Gasteiger partial charge on any atom is -0.0839 e. The summed E-state index contributed by atoms with van der Waals surface area (Å²) in [6.45, 7) is 0. The van der Waals surface area contributed by atoms with E-state index in [9.17, 15) is 0 Å². The average molecular weight is 990 g/mol. The lowest BCUT2D eigenvalue weighted by Crippen LogP contribution is -2.46. The molecule has 0 radical (unpaired) electrons. The third-order valence-corrected chi connectivity index (χ3v) is 11.7. The molecule has 7 rings (SSSR count). The van der Waals surface area contributed by atoms with Crippen molar-refractivity contribution in [2.45, 2.75) is 23.7 Å². The van der Waals surface area contributed by atoms with E-state index in [1.165, 1.54) is 58.8 Å². The van der Waals surface area contributed by atoms with Crippen LogP contribution in [0.3, 0.4) is 0 Å². The van der Waals surface area contributed by atoms with Gasteiger partial charge in [-0.2, -0.15) is 0 Å². The van der Waals surface area contributed by atoms with E-state index in [1.54, 1.807) is 0 Å². The van der Waals surface area contributed by atoms with Crippen LogP contribution in [0.25, 0.3) is 0 Å². The Morgan fingerprint density at radius 3 is 1.19 bits per heavy atom. The lowest BCUT2D eigenvalue weighted by molar-refractivity contribution is 0.575. The molecule has 0 bridgehead atoms. The molecule has 0 unspecified atom stereocenters. The van der Waals surface area contributed by atoms with Crippen LogP contribution in [0.15, 0.2) is 145 Å². The van der Waals surface area contributed by atoms with E-state index >= 15 is 0 Å². The van der Waals surface area contributed by atoms with Crippen LogP contribution in [0, 0.1) is 14.3 Å². The van der Waals surface area contributed by atoms with E-state index in [2.05, 4.69) is 224 Å². The van der Waals surface area contributed by atoms with E-state index in [-0.39, 0.29) is 0 Å². The Balaban J connectivity index is 1.70. The second-order valence-electron chi connectivity index (χ2n) is 10.9. The van der Waals surface area contributed by atoms with Crippen molar-refractivity contribution >= 4 is 90.4 Å². The maximum Gasteiger partial charge on any atom is 0.0704 e. The Bertz CT molecular complexity index is 1740. The van der Waals surface area contributed by atoms with Gasteiger partial charge in [0.15, 0.2) is 0 Å². The Morgan fingerprint density at radius 2 is 0.786 bits per heavy atom. The molecule has 0 atom stereocenters. The van der Waals surface area contributed by atoms with E-state index in [0.29, 0.717) is 0 Å². The smallest absolute Gasteiger partial charge is 0.0704 e. The van der Waals surface area contributed by atoms with Gasteiger partial charge in [-0.05, 0) is 196 Å². The molecule has 42 heavy (non-hydrogen) atoms. The van der Waals surface area contributed by atoms with Crippen molar-refractivity contribution < 1.29 is 0 Å². The minimum absolute atomic E-state index is 0.402. The van der Waals surface area contributed by atoms with Gasteiger partial charge in [0, 0.05) is 14.3 Å². The highest BCUT2D eigenvalue weighted by Gasteiger charge is 2.54. The van der Waals surface area contributed by atoms with Crippen LogP contribution in [-0.4, -0.2) is 0 Å². The van der Waals surface area contributed by atoms with Crippen molar-refractivity contribution in [1.82, 2.24) is 0 Å². The molecular formula is C38H26I4. The predicted octanol–water partition coefficient (Wildman–Crippen LogP) is 11.4. The predicted molar refractivity (Wildman–Crippen MR) is 208 cm³/mol. The third-order valence-electron chi connectivity index (χ3n) is 8.87. The highest BCUT2D eigenvalue weighted by atomic mass is 127. The van der Waals surface area contributed by atoms with E-state index < -0.39 is 10.8 Å². The molecule has 5 aromatic rings. The fourth-order valence-corrected chi connectivity index (χ4v) is 8.70. The van der Waals surface area contributed by atoms with E-state index in [1.807, 2.05) is 0 Å². The van der Waals surface area contributed by atoms with Crippen molar-refractivity contribution in [3.63, 3.8) is 0 Å². The van der Waals surface area contributed by atoms with Gasteiger partial charge in [-0.1, -0.05) is 84.9 Å². The Morgan fingerprint density at radius 1 is 0.429 bits per heavy atom. The molecule has 2 aliphatic carbocycles. The number of fused-ring (bicyclic) bond motifs is 1. The second kappa shape index (κ2) is 11.8. The standard InChI is InChI=1S/C38H26I4/c39-29-17-9-25(10-18-29)37(26-11-19-30(40)20-12-26)33-5-1-2-6-34(33)38(27-13-21-31(41)22-14-27,28-15-23-32(42)24-16-28)36-8-4-3-7-35(36)37/h1-3,5-7,9-24H,4,8H2. The van der Waals surface area contributed by atoms with E-state index in [0.717, 1.165) is 12.8 Å². The summed E-state index contributed by atoms with van der Waals surface area (Å²) in [5.74, 6) is 0. The van der Waals surface area contributed by atoms with Gasteiger partial charge in [0.2, 0.25) is 0 Å². The average Bonchev–Trinajstić information content (AvgIpc) is 3.02. The summed E-state index contributed by atoms with van der Waals surface area (Å²) in [6.07, 6.45) is 6.90. The first-order chi connectivity index (χ1) is 20.5. The molecule has 0 amide bonds. The zero-order chi connectivity index (χ0) is 28.9. The SMILES string of the molecule is Ic1ccc(C2(c3ccc(I)cc3)C3=C(CCC=C3)C(c3ccc(I)cc3)(c3ccc(I)cc3)c3ccccc32)cc1. The van der Waals surface area contributed by atoms with Gasteiger partial charge in [0.05, 0.1) is 10.8 Å². The fourth-order valence-electron chi connectivity index (χ4n) is 7.26. The molecule has 2 aliphatic rings. The van der Waals surface area contributed by atoms with Crippen molar-refractivity contribution in [3.05, 3.63) is 192 Å². The van der Waals surface area contributed by atoms with Gasteiger partial charge in [-0.15, -0.1) is 0 Å². The first kappa shape index (κ1) is 29.2. The minimum atomic E-state index is -0.437. The van der Waals surface area contributed by atoms with Crippen LogP contribution >= 0.6 is 90.4 Å². The van der Waals surface area contributed by atoms with Crippen LogP contribution in [-0.2, 0) is 10.8 Å². The highest BCUT2D eigenvalue weighted by molar-refractivity contribution is 14.1. The molecule has 0 N–H and O–H groups in total. The molecule has 0 nitrogen and oxygen atoms in total. The molecule has 4 heteroatoms. The Hall–Kier alpha value is -1.50. The van der Waals surface area contributed by atoms with Crippen LogP contribution in [0.1, 0.15) is 46.2 Å². The second-order valence-corrected chi connectivity index (χ2v) is 15.9. The van der Waals surface area contributed by atoms with Crippen LogP contribution in [0.4, 0.5) is 0 Å². The number of allylic oxidation sites excluding steroid dienone is 4. The zero-order valence-corrected chi connectivity index (χ0v) is 31.3. The Kier molecular flexibility index (Phi) is 8.20. The highest BCUT2D eigenvalue weighted by Crippen LogP contribution is 2.61. The monoisotopic (exact) mass is 990 g/mol. The molecule has 0 aromatic heterocycles. The maximum atomic E-state index is 2.46. The first-order valence-electron chi connectivity index (χ1n) is 14.0. The first-order valence-corrected chi connectivity index (χ1v) is 18.3. The van der Waals surface area contributed by atoms with Gasteiger partial charge in [0.25, 0.3) is 0 Å². The molecule has 0 saturated carbocycles. The van der Waals surface area contributed by atoms with Gasteiger partial charge in [0.1, 0.15) is 0 Å². The van der Waals surface area contributed by atoms with Crippen molar-refractivity contribution in [1.29, 1.82) is 0 Å². The lowest BCUT2D eigenvalue weighted by Gasteiger charge is -2.52. The molecule has 0 aliphatic heterocycles. The molecular weight excluding hydrogens is 964 g/mol. The summed E-state index contributed by atoms with van der Waals surface area (Å²) < 4.78 is 5.00. The van der Waals surface area contributed by atoms with Crippen LogP contribution in [0.5, 0.6) is 0 Å². The maximum absolute atomic E-state index is 2.46. The van der Waals surface area contributed by atoms with Gasteiger partial charge in [-0.3, -0.25) is 0 Å². The molecule has 0 heterocycles. The molecule has 0 fully saturated rings. The molecule has 0 saturated heterocycles. The quantitative estimate of drug-likeness (QED) is 0.157. The van der Waals surface area contributed by atoms with Crippen molar-refractivity contribution in [3.8, 4) is 0 Å².